The van der Waals surface area contributed by atoms with Crippen LogP contribution in [-0.4, -0.2) is 9.59 Å². The van der Waals surface area contributed by atoms with Crippen molar-refractivity contribution >= 4 is 11.5 Å². The Kier molecular flexibility index (Phi) is 2.74. The highest BCUT2D eigenvalue weighted by Crippen LogP contribution is 2.30. The number of hydrogen-bond donors (Lipinski definition) is 0. The Bertz CT molecular complexity index is 539. The molecule has 0 aliphatic rings. The number of aromatic nitrogens is 3. The summed E-state index contributed by atoms with van der Waals surface area (Å²) < 4.78 is 40.9. The number of pyridine rings is 1. The Morgan fingerprint density at radius 1 is 1.35 bits per heavy atom. The smallest absolute Gasteiger partial charge is 0.478 e. The van der Waals surface area contributed by atoms with E-state index in [1.807, 2.05) is 0 Å². The first-order chi connectivity index (χ1) is 7.91. The van der Waals surface area contributed by atoms with Gasteiger partial charge in [-0.1, -0.05) is 4.49 Å². The van der Waals surface area contributed by atoms with E-state index < -0.39 is 11.9 Å². The van der Waals surface area contributed by atoms with Crippen LogP contribution in [0, 0.1) is 12.1 Å². The topological polar surface area (TPSA) is 52.7 Å². The summed E-state index contributed by atoms with van der Waals surface area (Å²) in [7, 11) is 0. The SMILES string of the molecule is Cc1c(-c2cnns2)ccc(C(F)(F)F)[n+]1[O-]. The first kappa shape index (κ1) is 11.8. The van der Waals surface area contributed by atoms with Gasteiger partial charge in [-0.25, -0.2) is 0 Å². The van der Waals surface area contributed by atoms with Crippen LogP contribution >= 0.6 is 11.5 Å². The van der Waals surface area contributed by atoms with Gasteiger partial charge in [0.05, 0.1) is 16.6 Å². The fraction of sp³-hybridized carbons (Fsp3) is 0.222. The molecule has 0 atom stereocenters. The van der Waals surface area contributed by atoms with Crippen LogP contribution in [0.4, 0.5) is 13.2 Å². The number of halogens is 3. The molecule has 90 valence electrons. The third-order valence-electron chi connectivity index (χ3n) is 2.24. The van der Waals surface area contributed by atoms with Gasteiger partial charge in [-0.15, -0.1) is 5.10 Å². The lowest BCUT2D eigenvalue weighted by Gasteiger charge is -2.11. The van der Waals surface area contributed by atoms with Gasteiger partial charge >= 0.3 is 6.18 Å². The van der Waals surface area contributed by atoms with E-state index in [1.165, 1.54) is 19.2 Å². The number of rotatable bonds is 1. The summed E-state index contributed by atoms with van der Waals surface area (Å²) in [5.74, 6) is 0. The van der Waals surface area contributed by atoms with Crippen LogP contribution in [0.2, 0.25) is 0 Å². The maximum absolute atomic E-state index is 12.5. The highest BCUT2D eigenvalue weighted by atomic mass is 32.1. The number of nitrogens with zero attached hydrogens (tertiary/aromatic N) is 3. The molecule has 2 rings (SSSR count). The van der Waals surface area contributed by atoms with Gasteiger partial charge in [-0.3, -0.25) is 0 Å². The Morgan fingerprint density at radius 3 is 2.59 bits per heavy atom. The third kappa shape index (κ3) is 2.07. The van der Waals surface area contributed by atoms with Crippen molar-refractivity contribution in [3.8, 4) is 10.4 Å². The summed E-state index contributed by atoms with van der Waals surface area (Å²) in [6.45, 7) is 1.33. The fourth-order valence-electron chi connectivity index (χ4n) is 1.40. The van der Waals surface area contributed by atoms with Gasteiger partial charge in [0.1, 0.15) is 0 Å². The fourth-order valence-corrected chi connectivity index (χ4v) is 1.99. The lowest BCUT2D eigenvalue weighted by molar-refractivity contribution is -0.635. The third-order valence-corrected chi connectivity index (χ3v) is 2.94. The predicted octanol–water partition coefficient (Wildman–Crippen LogP) is 2.17. The molecule has 8 heteroatoms. The average Bonchev–Trinajstić information content (AvgIpc) is 2.73. The second kappa shape index (κ2) is 3.95. The van der Waals surface area contributed by atoms with Crippen LogP contribution < -0.4 is 4.73 Å². The van der Waals surface area contributed by atoms with E-state index in [1.54, 1.807) is 0 Å². The molecule has 0 aromatic carbocycles. The summed E-state index contributed by atoms with van der Waals surface area (Å²) >= 11 is 1.02. The van der Waals surface area contributed by atoms with E-state index in [-0.39, 0.29) is 10.4 Å². The summed E-state index contributed by atoms with van der Waals surface area (Å²) in [4.78, 5) is 0.556. The molecule has 0 fully saturated rings. The van der Waals surface area contributed by atoms with Crippen molar-refractivity contribution in [2.24, 2.45) is 0 Å². The zero-order chi connectivity index (χ0) is 12.6. The molecule has 0 aliphatic heterocycles. The van der Waals surface area contributed by atoms with E-state index in [2.05, 4.69) is 9.59 Å². The molecule has 0 amide bonds. The van der Waals surface area contributed by atoms with Crippen LogP contribution in [0.15, 0.2) is 18.3 Å². The maximum Gasteiger partial charge on any atom is 0.478 e. The molecule has 0 saturated carbocycles. The largest absolute Gasteiger partial charge is 0.618 e. The molecule has 0 spiro atoms. The van der Waals surface area contributed by atoms with Gasteiger partial charge in [0.15, 0.2) is 5.69 Å². The second-order valence-electron chi connectivity index (χ2n) is 3.29. The lowest BCUT2D eigenvalue weighted by Crippen LogP contribution is -2.39. The normalized spacial score (nSPS) is 11.8. The van der Waals surface area contributed by atoms with Gasteiger partial charge in [0.25, 0.3) is 5.69 Å². The van der Waals surface area contributed by atoms with Gasteiger partial charge in [-0.05, 0) is 17.6 Å². The maximum atomic E-state index is 12.5. The first-order valence-electron chi connectivity index (χ1n) is 4.49. The van der Waals surface area contributed by atoms with Crippen molar-refractivity contribution < 1.29 is 17.9 Å². The Morgan fingerprint density at radius 2 is 2.06 bits per heavy atom. The van der Waals surface area contributed by atoms with Crippen LogP contribution in [0.3, 0.4) is 0 Å². The molecule has 0 bridgehead atoms. The molecule has 0 radical (unpaired) electrons. The molecular weight excluding hydrogens is 255 g/mol. The Labute approximate surface area is 98.1 Å². The Balaban J connectivity index is 2.58. The molecule has 17 heavy (non-hydrogen) atoms. The van der Waals surface area contributed by atoms with E-state index in [0.717, 1.165) is 17.6 Å². The standard InChI is InChI=1S/C9H6F3N3OS/c1-5-6(7-4-13-14-17-7)2-3-8(15(5)16)9(10,11)12/h2-4H,1H3. The van der Waals surface area contributed by atoms with Crippen molar-refractivity contribution in [1.82, 2.24) is 9.59 Å². The molecule has 0 aliphatic carbocycles. The minimum absolute atomic E-state index is 0.0223. The summed E-state index contributed by atoms with van der Waals surface area (Å²) in [6.07, 6.45) is -3.25. The summed E-state index contributed by atoms with van der Waals surface area (Å²) in [6, 6.07) is 2.01. The quantitative estimate of drug-likeness (QED) is 0.584. The minimum atomic E-state index is -4.66. The van der Waals surface area contributed by atoms with Crippen molar-refractivity contribution in [3.05, 3.63) is 34.9 Å². The van der Waals surface area contributed by atoms with Crippen LogP contribution in [-0.2, 0) is 6.18 Å². The summed E-state index contributed by atoms with van der Waals surface area (Å²) in [5.41, 5.74) is -0.843. The Hall–Kier alpha value is -1.70. The van der Waals surface area contributed by atoms with E-state index in [4.69, 9.17) is 0 Å². The number of hydrogen-bond acceptors (Lipinski definition) is 4. The highest BCUT2D eigenvalue weighted by molar-refractivity contribution is 7.09. The van der Waals surface area contributed by atoms with Gasteiger partial charge in [0.2, 0.25) is 0 Å². The van der Waals surface area contributed by atoms with Crippen LogP contribution in [0.5, 0.6) is 0 Å². The molecule has 2 aromatic heterocycles. The van der Waals surface area contributed by atoms with Gasteiger partial charge in [0, 0.05) is 13.0 Å². The molecule has 4 nitrogen and oxygen atoms in total. The predicted molar refractivity (Wildman–Crippen MR) is 54.0 cm³/mol. The van der Waals surface area contributed by atoms with Gasteiger partial charge in [-0.2, -0.15) is 17.9 Å². The first-order valence-corrected chi connectivity index (χ1v) is 5.26. The van der Waals surface area contributed by atoms with Crippen molar-refractivity contribution in [2.75, 3.05) is 0 Å². The monoisotopic (exact) mass is 261 g/mol. The van der Waals surface area contributed by atoms with E-state index >= 15 is 0 Å². The molecule has 0 N–H and O–H groups in total. The van der Waals surface area contributed by atoms with E-state index in [0.29, 0.717) is 10.4 Å². The molecule has 0 saturated heterocycles. The van der Waals surface area contributed by atoms with Crippen LogP contribution in [0.25, 0.3) is 10.4 Å². The van der Waals surface area contributed by atoms with Gasteiger partial charge < -0.3 is 5.21 Å². The number of alkyl halides is 3. The minimum Gasteiger partial charge on any atom is -0.618 e. The van der Waals surface area contributed by atoms with Crippen molar-refractivity contribution in [3.63, 3.8) is 0 Å². The van der Waals surface area contributed by atoms with E-state index in [9.17, 15) is 18.4 Å². The molecular formula is C9H6F3N3OS. The lowest BCUT2D eigenvalue weighted by atomic mass is 10.1. The second-order valence-corrected chi connectivity index (χ2v) is 4.08. The van der Waals surface area contributed by atoms with Crippen LogP contribution in [0.1, 0.15) is 11.4 Å². The average molecular weight is 261 g/mol. The molecule has 0 unspecified atom stereocenters. The molecule has 2 heterocycles. The van der Waals surface area contributed by atoms with Crippen molar-refractivity contribution in [1.29, 1.82) is 0 Å². The highest BCUT2D eigenvalue weighted by Gasteiger charge is 2.40. The zero-order valence-electron chi connectivity index (χ0n) is 8.52. The zero-order valence-corrected chi connectivity index (χ0v) is 9.34. The summed E-state index contributed by atoms with van der Waals surface area (Å²) in [5, 5.41) is 15.1. The van der Waals surface area contributed by atoms with Crippen molar-refractivity contribution in [2.45, 2.75) is 13.1 Å². The molecule has 2 aromatic rings.